The van der Waals surface area contributed by atoms with Crippen molar-refractivity contribution >= 4 is 5.91 Å². The van der Waals surface area contributed by atoms with Gasteiger partial charge in [0.2, 0.25) is 5.91 Å². The second kappa shape index (κ2) is 7.25. The lowest BCUT2D eigenvalue weighted by Gasteiger charge is -2.32. The van der Waals surface area contributed by atoms with Crippen molar-refractivity contribution < 1.29 is 18.3 Å². The summed E-state index contributed by atoms with van der Waals surface area (Å²) in [5.41, 5.74) is 0. The molecule has 126 valence electrons. The first-order chi connectivity index (χ1) is 11.1. The molecule has 1 amide bonds. The minimum Gasteiger partial charge on any atom is -0.487 e. The molecule has 0 atom stereocenters. The number of ether oxygens (including phenoxy) is 1. The van der Waals surface area contributed by atoms with E-state index >= 15 is 0 Å². The molecule has 1 saturated carbocycles. The van der Waals surface area contributed by atoms with Crippen LogP contribution < -0.4 is 10.1 Å². The summed E-state index contributed by atoms with van der Waals surface area (Å²) < 4.78 is 32.1. The van der Waals surface area contributed by atoms with E-state index in [9.17, 15) is 13.6 Å². The molecule has 0 aromatic heterocycles. The molecule has 6 heteroatoms. The molecular weight excluding hydrogens is 302 g/mol. The largest absolute Gasteiger partial charge is 0.487 e. The lowest BCUT2D eigenvalue weighted by atomic mass is 10.1. The van der Waals surface area contributed by atoms with Crippen molar-refractivity contribution in [1.82, 2.24) is 10.2 Å². The number of nitrogens with one attached hydrogen (secondary N) is 1. The van der Waals surface area contributed by atoms with E-state index in [4.69, 9.17) is 4.74 Å². The van der Waals surface area contributed by atoms with Crippen molar-refractivity contribution in [2.24, 2.45) is 5.92 Å². The number of piperidine rings is 1. The van der Waals surface area contributed by atoms with Crippen LogP contribution in [0.15, 0.2) is 18.2 Å². The topological polar surface area (TPSA) is 41.6 Å². The summed E-state index contributed by atoms with van der Waals surface area (Å²) >= 11 is 0. The number of benzene rings is 1. The number of hydrogen-bond donors (Lipinski definition) is 1. The molecule has 0 spiro atoms. The lowest BCUT2D eigenvalue weighted by molar-refractivity contribution is -0.132. The molecule has 0 radical (unpaired) electrons. The fourth-order valence-electron chi connectivity index (χ4n) is 2.79. The minimum absolute atomic E-state index is 0.0716. The van der Waals surface area contributed by atoms with E-state index in [1.54, 1.807) is 0 Å². The monoisotopic (exact) mass is 324 g/mol. The summed E-state index contributed by atoms with van der Waals surface area (Å²) in [7, 11) is 0. The number of nitrogens with zero attached hydrogens (tertiary/aromatic N) is 1. The minimum atomic E-state index is -0.687. The SMILES string of the molecule is O=C(CNCC1CC1)N1CCC(Oc2ccc(F)cc2F)CC1. The van der Waals surface area contributed by atoms with Crippen molar-refractivity contribution in [3.05, 3.63) is 29.8 Å². The molecule has 0 bridgehead atoms. The van der Waals surface area contributed by atoms with Gasteiger partial charge in [-0.15, -0.1) is 0 Å². The molecule has 1 aromatic carbocycles. The van der Waals surface area contributed by atoms with Crippen LogP contribution in [0.25, 0.3) is 0 Å². The first-order valence-corrected chi connectivity index (χ1v) is 8.22. The Morgan fingerprint density at radius 3 is 2.61 bits per heavy atom. The molecule has 1 N–H and O–H groups in total. The molecule has 1 heterocycles. The van der Waals surface area contributed by atoms with E-state index in [2.05, 4.69) is 5.32 Å². The molecule has 1 aromatic rings. The molecular formula is C17H22F2N2O2. The Morgan fingerprint density at radius 1 is 1.22 bits per heavy atom. The highest BCUT2D eigenvalue weighted by molar-refractivity contribution is 5.78. The highest BCUT2D eigenvalue weighted by Crippen LogP contribution is 2.27. The normalized spacial score (nSPS) is 19.0. The fourth-order valence-corrected chi connectivity index (χ4v) is 2.79. The third kappa shape index (κ3) is 4.64. The standard InChI is InChI=1S/C17H22F2N2O2/c18-13-3-4-16(15(19)9-13)23-14-5-7-21(8-6-14)17(22)11-20-10-12-1-2-12/h3-4,9,12,14,20H,1-2,5-8,10-11H2. The number of amides is 1. The van der Waals surface area contributed by atoms with Gasteiger partial charge in [-0.1, -0.05) is 0 Å². The van der Waals surface area contributed by atoms with Gasteiger partial charge in [-0.2, -0.15) is 0 Å². The van der Waals surface area contributed by atoms with Gasteiger partial charge in [-0.05, 0) is 37.4 Å². The zero-order valence-electron chi connectivity index (χ0n) is 13.1. The van der Waals surface area contributed by atoms with Crippen LogP contribution in [0.5, 0.6) is 5.75 Å². The van der Waals surface area contributed by atoms with Gasteiger partial charge in [0.25, 0.3) is 0 Å². The van der Waals surface area contributed by atoms with Crippen LogP contribution in [0.1, 0.15) is 25.7 Å². The van der Waals surface area contributed by atoms with Crippen LogP contribution in [-0.2, 0) is 4.79 Å². The molecule has 23 heavy (non-hydrogen) atoms. The average molecular weight is 324 g/mol. The van der Waals surface area contributed by atoms with Crippen LogP contribution in [0.4, 0.5) is 8.78 Å². The Bertz CT molecular complexity index is 556. The molecule has 1 aliphatic heterocycles. The number of rotatable bonds is 6. The predicted molar refractivity (Wildman–Crippen MR) is 82.2 cm³/mol. The van der Waals surface area contributed by atoms with Crippen molar-refractivity contribution in [2.75, 3.05) is 26.2 Å². The van der Waals surface area contributed by atoms with E-state index in [1.807, 2.05) is 4.90 Å². The number of halogens is 2. The maximum atomic E-state index is 13.6. The first-order valence-electron chi connectivity index (χ1n) is 8.22. The summed E-state index contributed by atoms with van der Waals surface area (Å²) in [4.78, 5) is 13.9. The van der Waals surface area contributed by atoms with E-state index in [-0.39, 0.29) is 17.8 Å². The van der Waals surface area contributed by atoms with Crippen molar-refractivity contribution in [2.45, 2.75) is 31.8 Å². The Labute approximate surface area is 134 Å². The Morgan fingerprint density at radius 2 is 1.96 bits per heavy atom. The van der Waals surface area contributed by atoms with E-state index in [0.29, 0.717) is 32.5 Å². The lowest BCUT2D eigenvalue weighted by Crippen LogP contribution is -2.45. The highest BCUT2D eigenvalue weighted by Gasteiger charge is 2.25. The molecule has 1 aliphatic carbocycles. The van der Waals surface area contributed by atoms with Gasteiger partial charge >= 0.3 is 0 Å². The quantitative estimate of drug-likeness (QED) is 0.873. The van der Waals surface area contributed by atoms with Crippen molar-refractivity contribution in [3.63, 3.8) is 0 Å². The number of carbonyl (C=O) groups excluding carboxylic acids is 1. The number of likely N-dealkylation sites (tertiary alicyclic amines) is 1. The highest BCUT2D eigenvalue weighted by atomic mass is 19.1. The van der Waals surface area contributed by atoms with Gasteiger partial charge < -0.3 is 15.0 Å². The summed E-state index contributed by atoms with van der Waals surface area (Å²) in [6.07, 6.45) is 3.71. The van der Waals surface area contributed by atoms with Gasteiger partial charge in [0, 0.05) is 32.0 Å². The number of hydrogen-bond acceptors (Lipinski definition) is 3. The molecule has 1 saturated heterocycles. The zero-order chi connectivity index (χ0) is 16.2. The van der Waals surface area contributed by atoms with Crippen LogP contribution >= 0.6 is 0 Å². The predicted octanol–water partition coefficient (Wildman–Crippen LogP) is 2.33. The van der Waals surface area contributed by atoms with Gasteiger partial charge in [-0.25, -0.2) is 8.78 Å². The van der Waals surface area contributed by atoms with Crippen molar-refractivity contribution in [3.8, 4) is 5.75 Å². The maximum Gasteiger partial charge on any atom is 0.236 e. The Balaban J connectivity index is 1.41. The van der Waals surface area contributed by atoms with Crippen LogP contribution in [0, 0.1) is 17.6 Å². The van der Waals surface area contributed by atoms with E-state index in [0.717, 1.165) is 18.5 Å². The van der Waals surface area contributed by atoms with Crippen LogP contribution in [0.2, 0.25) is 0 Å². The maximum absolute atomic E-state index is 13.6. The van der Waals surface area contributed by atoms with E-state index in [1.165, 1.54) is 25.0 Å². The third-order valence-corrected chi connectivity index (χ3v) is 4.39. The fraction of sp³-hybridized carbons (Fsp3) is 0.588. The molecule has 3 rings (SSSR count). The van der Waals surface area contributed by atoms with Gasteiger partial charge in [0.1, 0.15) is 11.9 Å². The molecule has 2 fully saturated rings. The van der Waals surface area contributed by atoms with Gasteiger partial charge in [-0.3, -0.25) is 4.79 Å². The third-order valence-electron chi connectivity index (χ3n) is 4.39. The van der Waals surface area contributed by atoms with Crippen LogP contribution in [0.3, 0.4) is 0 Å². The average Bonchev–Trinajstić information content (AvgIpc) is 3.35. The Kier molecular flexibility index (Phi) is 5.10. The molecule has 0 unspecified atom stereocenters. The van der Waals surface area contributed by atoms with Crippen molar-refractivity contribution in [1.29, 1.82) is 0 Å². The zero-order valence-corrected chi connectivity index (χ0v) is 13.1. The van der Waals surface area contributed by atoms with Crippen LogP contribution in [-0.4, -0.2) is 43.1 Å². The summed E-state index contributed by atoms with van der Waals surface area (Å²) in [5.74, 6) is -0.367. The first kappa shape index (κ1) is 16.2. The summed E-state index contributed by atoms with van der Waals surface area (Å²) in [6.45, 7) is 2.53. The Hall–Kier alpha value is -1.69. The van der Waals surface area contributed by atoms with Gasteiger partial charge in [0.15, 0.2) is 11.6 Å². The second-order valence-corrected chi connectivity index (χ2v) is 6.35. The summed E-state index contributed by atoms with van der Waals surface area (Å²) in [6, 6.07) is 3.31. The summed E-state index contributed by atoms with van der Waals surface area (Å²) in [5, 5.41) is 3.20. The molecule has 2 aliphatic rings. The second-order valence-electron chi connectivity index (χ2n) is 6.35. The van der Waals surface area contributed by atoms with E-state index < -0.39 is 11.6 Å². The number of carbonyl (C=O) groups is 1. The molecule has 4 nitrogen and oxygen atoms in total. The van der Waals surface area contributed by atoms with Gasteiger partial charge in [0.05, 0.1) is 6.54 Å². The smallest absolute Gasteiger partial charge is 0.236 e.